The van der Waals surface area contributed by atoms with Crippen molar-refractivity contribution >= 4 is 11.7 Å². The van der Waals surface area contributed by atoms with Crippen molar-refractivity contribution in [2.45, 2.75) is 51.2 Å². The molecule has 0 radical (unpaired) electrons. The van der Waals surface area contributed by atoms with Gasteiger partial charge in [-0.05, 0) is 44.2 Å². The summed E-state index contributed by atoms with van der Waals surface area (Å²) in [4.78, 5) is 11.8. The second kappa shape index (κ2) is 7.98. The van der Waals surface area contributed by atoms with E-state index in [9.17, 15) is 9.18 Å². The molecule has 0 aliphatic heterocycles. The molecule has 3 N–H and O–H groups in total. The summed E-state index contributed by atoms with van der Waals surface area (Å²) in [7, 11) is 0. The fraction of sp³-hybridized carbons (Fsp3) is 0.562. The van der Waals surface area contributed by atoms with Gasteiger partial charge in [-0.15, -0.1) is 0 Å². The van der Waals surface area contributed by atoms with Crippen molar-refractivity contribution in [2.75, 3.05) is 11.9 Å². The minimum Gasteiger partial charge on any atom is -0.487 e. The highest BCUT2D eigenvalue weighted by Gasteiger charge is 2.20. The average Bonchev–Trinajstić information content (AvgIpc) is 2.44. The SMILES string of the molecule is CCC(CCO)NC(=O)Nc1ccc(OC2CCC2)c(F)c1. The molecule has 0 aromatic heterocycles. The molecule has 1 unspecified atom stereocenters. The molecule has 1 aromatic rings. The van der Waals surface area contributed by atoms with Crippen LogP contribution in [0.2, 0.25) is 0 Å². The summed E-state index contributed by atoms with van der Waals surface area (Å²) in [5, 5.41) is 14.2. The normalized spacial score (nSPS) is 15.8. The van der Waals surface area contributed by atoms with E-state index >= 15 is 0 Å². The number of rotatable bonds is 7. The summed E-state index contributed by atoms with van der Waals surface area (Å²) in [5.41, 5.74) is 0.370. The number of hydrogen-bond donors (Lipinski definition) is 3. The first kappa shape index (κ1) is 16.5. The van der Waals surface area contributed by atoms with Crippen LogP contribution in [0.1, 0.15) is 39.0 Å². The minimum atomic E-state index is -0.480. The minimum absolute atomic E-state index is 0.0145. The molecule has 122 valence electrons. The van der Waals surface area contributed by atoms with Crippen LogP contribution in [0, 0.1) is 5.82 Å². The number of benzene rings is 1. The number of amides is 2. The summed E-state index contributed by atoms with van der Waals surface area (Å²) in [6.07, 6.45) is 4.37. The largest absolute Gasteiger partial charge is 0.487 e. The smallest absolute Gasteiger partial charge is 0.319 e. The van der Waals surface area contributed by atoms with Gasteiger partial charge in [0.1, 0.15) is 0 Å². The molecule has 6 heteroatoms. The van der Waals surface area contributed by atoms with E-state index < -0.39 is 11.8 Å². The zero-order valence-corrected chi connectivity index (χ0v) is 12.8. The Morgan fingerprint density at radius 1 is 1.50 bits per heavy atom. The van der Waals surface area contributed by atoms with Crippen molar-refractivity contribution in [3.8, 4) is 5.75 Å². The van der Waals surface area contributed by atoms with E-state index in [0.29, 0.717) is 12.1 Å². The van der Waals surface area contributed by atoms with Crippen LogP contribution < -0.4 is 15.4 Å². The van der Waals surface area contributed by atoms with Crippen LogP contribution in [0.25, 0.3) is 0 Å². The van der Waals surface area contributed by atoms with E-state index in [1.807, 2.05) is 6.92 Å². The van der Waals surface area contributed by atoms with E-state index in [1.54, 1.807) is 6.07 Å². The van der Waals surface area contributed by atoms with Crippen molar-refractivity contribution in [3.05, 3.63) is 24.0 Å². The van der Waals surface area contributed by atoms with Crippen LogP contribution >= 0.6 is 0 Å². The summed E-state index contributed by atoms with van der Waals surface area (Å²) in [6, 6.07) is 3.89. The number of nitrogens with one attached hydrogen (secondary N) is 2. The predicted molar refractivity (Wildman–Crippen MR) is 82.6 cm³/mol. The third kappa shape index (κ3) is 4.59. The fourth-order valence-corrected chi connectivity index (χ4v) is 2.23. The Morgan fingerprint density at radius 2 is 2.27 bits per heavy atom. The topological polar surface area (TPSA) is 70.6 Å². The first-order valence-electron chi connectivity index (χ1n) is 7.77. The number of aliphatic hydroxyl groups is 1. The highest BCUT2D eigenvalue weighted by Crippen LogP contribution is 2.28. The Hall–Kier alpha value is -1.82. The maximum absolute atomic E-state index is 13.9. The standard InChI is InChI=1S/C16H23FN2O3/c1-2-11(8-9-20)18-16(21)19-12-6-7-15(14(17)10-12)22-13-4-3-5-13/h6-7,10-11,13,20H,2-5,8-9H2,1H3,(H2,18,19,21). The summed E-state index contributed by atoms with van der Waals surface area (Å²) >= 11 is 0. The van der Waals surface area contributed by atoms with Gasteiger partial charge in [0, 0.05) is 24.4 Å². The van der Waals surface area contributed by atoms with Crippen LogP contribution in [0.3, 0.4) is 0 Å². The Balaban J connectivity index is 1.89. The van der Waals surface area contributed by atoms with E-state index in [2.05, 4.69) is 10.6 Å². The van der Waals surface area contributed by atoms with Gasteiger partial charge < -0.3 is 20.5 Å². The summed E-state index contributed by atoms with van der Waals surface area (Å²) < 4.78 is 19.5. The van der Waals surface area contributed by atoms with Crippen LogP contribution in [0.15, 0.2) is 18.2 Å². The van der Waals surface area contributed by atoms with Gasteiger partial charge in [0.25, 0.3) is 0 Å². The Labute approximate surface area is 129 Å². The van der Waals surface area contributed by atoms with Crippen molar-refractivity contribution in [2.24, 2.45) is 0 Å². The molecular formula is C16H23FN2O3. The highest BCUT2D eigenvalue weighted by molar-refractivity contribution is 5.89. The molecule has 0 saturated heterocycles. The molecule has 1 aliphatic carbocycles. The van der Waals surface area contributed by atoms with E-state index in [1.165, 1.54) is 12.1 Å². The maximum Gasteiger partial charge on any atom is 0.319 e. The number of anilines is 1. The van der Waals surface area contributed by atoms with E-state index in [0.717, 1.165) is 25.7 Å². The van der Waals surface area contributed by atoms with E-state index in [-0.39, 0.29) is 24.5 Å². The second-order valence-electron chi connectivity index (χ2n) is 5.53. The van der Waals surface area contributed by atoms with Crippen molar-refractivity contribution in [1.82, 2.24) is 5.32 Å². The Bertz CT molecular complexity index is 506. The molecule has 5 nitrogen and oxygen atoms in total. The van der Waals surface area contributed by atoms with Crippen molar-refractivity contribution in [1.29, 1.82) is 0 Å². The number of carbonyl (C=O) groups excluding carboxylic acids is 1. The Kier molecular flexibility index (Phi) is 6.00. The number of aliphatic hydroxyl groups excluding tert-OH is 1. The summed E-state index contributed by atoms with van der Waals surface area (Å²) in [5.74, 6) is -0.255. The van der Waals surface area contributed by atoms with Gasteiger partial charge in [0.05, 0.1) is 6.10 Å². The van der Waals surface area contributed by atoms with Gasteiger partial charge in [0.15, 0.2) is 11.6 Å². The molecule has 0 heterocycles. The number of hydrogen-bond acceptors (Lipinski definition) is 3. The second-order valence-corrected chi connectivity index (χ2v) is 5.53. The van der Waals surface area contributed by atoms with Crippen molar-refractivity contribution in [3.63, 3.8) is 0 Å². The molecule has 0 spiro atoms. The monoisotopic (exact) mass is 310 g/mol. The molecule has 1 aliphatic rings. The maximum atomic E-state index is 13.9. The lowest BCUT2D eigenvalue weighted by Gasteiger charge is -2.26. The third-order valence-corrected chi connectivity index (χ3v) is 3.84. The third-order valence-electron chi connectivity index (χ3n) is 3.84. The molecule has 1 aromatic carbocycles. The van der Waals surface area contributed by atoms with Gasteiger partial charge >= 0.3 is 6.03 Å². The number of urea groups is 1. The van der Waals surface area contributed by atoms with Gasteiger partial charge in [-0.2, -0.15) is 0 Å². The highest BCUT2D eigenvalue weighted by atomic mass is 19.1. The van der Waals surface area contributed by atoms with Crippen molar-refractivity contribution < 1.29 is 19.0 Å². The lowest BCUT2D eigenvalue weighted by Crippen LogP contribution is -2.38. The fourth-order valence-electron chi connectivity index (χ4n) is 2.23. The van der Waals surface area contributed by atoms with Gasteiger partial charge in [-0.3, -0.25) is 0 Å². The van der Waals surface area contributed by atoms with E-state index in [4.69, 9.17) is 9.84 Å². The zero-order valence-electron chi connectivity index (χ0n) is 12.8. The molecule has 1 atom stereocenters. The number of halogens is 1. The lowest BCUT2D eigenvalue weighted by atomic mass is 9.96. The molecule has 2 rings (SSSR count). The molecule has 1 fully saturated rings. The van der Waals surface area contributed by atoms with Gasteiger partial charge in [0.2, 0.25) is 0 Å². The zero-order chi connectivity index (χ0) is 15.9. The summed E-state index contributed by atoms with van der Waals surface area (Å²) in [6.45, 7) is 1.94. The average molecular weight is 310 g/mol. The van der Waals surface area contributed by atoms with Crippen LogP contribution in [0.5, 0.6) is 5.75 Å². The molecule has 22 heavy (non-hydrogen) atoms. The molecule has 0 bridgehead atoms. The number of carbonyl (C=O) groups is 1. The van der Waals surface area contributed by atoms with Crippen LogP contribution in [-0.2, 0) is 0 Å². The lowest BCUT2D eigenvalue weighted by molar-refractivity contribution is 0.115. The molecular weight excluding hydrogens is 287 g/mol. The first-order chi connectivity index (χ1) is 10.6. The van der Waals surface area contributed by atoms with Crippen LogP contribution in [-0.4, -0.2) is 29.9 Å². The molecule has 2 amide bonds. The van der Waals surface area contributed by atoms with Gasteiger partial charge in [-0.1, -0.05) is 6.92 Å². The first-order valence-corrected chi connectivity index (χ1v) is 7.77. The predicted octanol–water partition coefficient (Wildman–Crippen LogP) is 3.04. The number of ether oxygens (including phenoxy) is 1. The van der Waals surface area contributed by atoms with Gasteiger partial charge in [-0.25, -0.2) is 9.18 Å². The quantitative estimate of drug-likeness (QED) is 0.725. The van der Waals surface area contributed by atoms with Crippen LogP contribution in [0.4, 0.5) is 14.9 Å². The Morgan fingerprint density at radius 3 is 2.82 bits per heavy atom. The molecule has 1 saturated carbocycles.